The fourth-order valence-corrected chi connectivity index (χ4v) is 4.23. The molecule has 0 N–H and O–H groups in total. The highest BCUT2D eigenvalue weighted by molar-refractivity contribution is 8.00. The van der Waals surface area contributed by atoms with Gasteiger partial charge in [-0.1, -0.05) is 31.0 Å². The molecule has 1 atom stereocenters. The zero-order valence-corrected chi connectivity index (χ0v) is 14.1. The summed E-state index contributed by atoms with van der Waals surface area (Å²) < 4.78 is 7.38. The molecule has 0 spiro atoms. The standard InChI is InChI=1S/C16H25N3OS/c1-12-13(2)19(9-10-20-3)16(18-12)21-15(11-17)14-7-5-4-6-8-14/h14-15H,4-10H2,1-3H3. The van der Waals surface area contributed by atoms with Crippen LogP contribution in [0.15, 0.2) is 5.16 Å². The lowest BCUT2D eigenvalue weighted by molar-refractivity contribution is 0.184. The van der Waals surface area contributed by atoms with Gasteiger partial charge in [-0.25, -0.2) is 4.98 Å². The highest BCUT2D eigenvalue weighted by Gasteiger charge is 2.26. The first-order chi connectivity index (χ1) is 10.2. The highest BCUT2D eigenvalue weighted by Crippen LogP contribution is 2.36. The third kappa shape index (κ3) is 4.02. The Bertz CT molecular complexity index is 500. The van der Waals surface area contributed by atoms with E-state index in [0.29, 0.717) is 12.5 Å². The quantitative estimate of drug-likeness (QED) is 0.752. The topological polar surface area (TPSA) is 50.8 Å². The molecule has 0 aliphatic heterocycles. The molecule has 1 aliphatic carbocycles. The van der Waals surface area contributed by atoms with E-state index in [-0.39, 0.29) is 5.25 Å². The van der Waals surface area contributed by atoms with Crippen LogP contribution in [0.5, 0.6) is 0 Å². The number of thioether (sulfide) groups is 1. The summed E-state index contributed by atoms with van der Waals surface area (Å²) in [5, 5.41) is 10.5. The van der Waals surface area contributed by atoms with Crippen LogP contribution in [0.25, 0.3) is 0 Å². The number of nitrogens with zero attached hydrogens (tertiary/aromatic N) is 3. The molecule has 0 aromatic carbocycles. The van der Waals surface area contributed by atoms with E-state index in [9.17, 15) is 5.26 Å². The van der Waals surface area contributed by atoms with Crippen LogP contribution in [0, 0.1) is 31.1 Å². The van der Waals surface area contributed by atoms with Crippen LogP contribution in [0.1, 0.15) is 43.5 Å². The molecule has 4 nitrogen and oxygen atoms in total. The third-order valence-electron chi connectivity index (χ3n) is 4.38. The van der Waals surface area contributed by atoms with Crippen molar-refractivity contribution in [2.45, 2.75) is 62.9 Å². The minimum absolute atomic E-state index is 0.0211. The number of methoxy groups -OCH3 is 1. The summed E-state index contributed by atoms with van der Waals surface area (Å²) in [7, 11) is 1.71. The molecule has 116 valence electrons. The van der Waals surface area contributed by atoms with Gasteiger partial charge in [0, 0.05) is 19.3 Å². The Labute approximate surface area is 131 Å². The van der Waals surface area contributed by atoms with Crippen molar-refractivity contribution >= 4 is 11.8 Å². The lowest BCUT2D eigenvalue weighted by atomic mass is 9.87. The fraction of sp³-hybridized carbons (Fsp3) is 0.750. The molecule has 1 unspecified atom stereocenters. The average molecular weight is 307 g/mol. The van der Waals surface area contributed by atoms with Gasteiger partial charge in [0.05, 0.1) is 18.4 Å². The Kier molecular flexibility index (Phi) is 6.13. The van der Waals surface area contributed by atoms with E-state index >= 15 is 0 Å². The molecule has 1 saturated carbocycles. The minimum Gasteiger partial charge on any atom is -0.383 e. The van der Waals surface area contributed by atoms with Crippen LogP contribution in [0.3, 0.4) is 0 Å². The summed E-state index contributed by atoms with van der Waals surface area (Å²) in [6.07, 6.45) is 6.21. The van der Waals surface area contributed by atoms with E-state index in [0.717, 1.165) is 17.4 Å². The Balaban J connectivity index is 2.13. The van der Waals surface area contributed by atoms with Gasteiger partial charge in [0.1, 0.15) is 5.25 Å². The van der Waals surface area contributed by atoms with Gasteiger partial charge in [0.25, 0.3) is 0 Å². The van der Waals surface area contributed by atoms with E-state index < -0.39 is 0 Å². The van der Waals surface area contributed by atoms with Crippen molar-refractivity contribution in [2.75, 3.05) is 13.7 Å². The maximum Gasteiger partial charge on any atom is 0.169 e. The van der Waals surface area contributed by atoms with Crippen LogP contribution in [-0.4, -0.2) is 28.5 Å². The normalized spacial score (nSPS) is 17.6. The van der Waals surface area contributed by atoms with E-state index in [1.165, 1.54) is 37.8 Å². The summed E-state index contributed by atoms with van der Waals surface area (Å²) in [6, 6.07) is 2.51. The molecular formula is C16H25N3OS. The van der Waals surface area contributed by atoms with Gasteiger partial charge >= 0.3 is 0 Å². The molecule has 2 rings (SSSR count). The number of rotatable bonds is 6. The summed E-state index contributed by atoms with van der Waals surface area (Å²) in [4.78, 5) is 4.66. The molecule has 5 heteroatoms. The Morgan fingerprint density at radius 2 is 2.10 bits per heavy atom. The number of hydrogen-bond acceptors (Lipinski definition) is 4. The minimum atomic E-state index is 0.0211. The monoisotopic (exact) mass is 307 g/mol. The SMILES string of the molecule is COCCn1c(SC(C#N)C2CCCCC2)nc(C)c1C. The molecule has 1 aromatic rings. The molecule has 0 saturated heterocycles. The van der Waals surface area contributed by atoms with Crippen molar-refractivity contribution in [3.05, 3.63) is 11.4 Å². The maximum absolute atomic E-state index is 9.55. The second kappa shape index (κ2) is 7.86. The molecule has 0 radical (unpaired) electrons. The van der Waals surface area contributed by atoms with Gasteiger partial charge in [0.2, 0.25) is 0 Å². The van der Waals surface area contributed by atoms with Crippen LogP contribution in [0.4, 0.5) is 0 Å². The average Bonchev–Trinajstić information content (AvgIpc) is 2.78. The number of imidazole rings is 1. The molecule has 1 aromatic heterocycles. The predicted octanol–water partition coefficient (Wildman–Crippen LogP) is 3.71. The number of aryl methyl sites for hydroxylation is 1. The van der Waals surface area contributed by atoms with Gasteiger partial charge in [-0.15, -0.1) is 0 Å². The lowest BCUT2D eigenvalue weighted by Crippen LogP contribution is -2.19. The van der Waals surface area contributed by atoms with Gasteiger partial charge in [-0.3, -0.25) is 0 Å². The van der Waals surface area contributed by atoms with Gasteiger partial charge in [0.15, 0.2) is 5.16 Å². The Hall–Kier alpha value is -0.990. The molecule has 1 heterocycles. The van der Waals surface area contributed by atoms with Crippen molar-refractivity contribution in [2.24, 2.45) is 5.92 Å². The predicted molar refractivity (Wildman–Crippen MR) is 85.4 cm³/mol. The molecule has 1 fully saturated rings. The second-order valence-electron chi connectivity index (χ2n) is 5.78. The van der Waals surface area contributed by atoms with E-state index in [2.05, 4.69) is 22.5 Å². The van der Waals surface area contributed by atoms with Crippen LogP contribution < -0.4 is 0 Å². The van der Waals surface area contributed by atoms with Crippen molar-refractivity contribution in [3.8, 4) is 6.07 Å². The van der Waals surface area contributed by atoms with Crippen LogP contribution in [-0.2, 0) is 11.3 Å². The van der Waals surface area contributed by atoms with E-state index in [1.54, 1.807) is 18.9 Å². The molecule has 0 amide bonds. The van der Waals surface area contributed by atoms with Crippen molar-refractivity contribution < 1.29 is 4.74 Å². The number of nitriles is 1. The second-order valence-corrected chi connectivity index (χ2v) is 6.88. The summed E-state index contributed by atoms with van der Waals surface area (Å²) in [5.74, 6) is 0.516. The van der Waals surface area contributed by atoms with Gasteiger partial charge < -0.3 is 9.30 Å². The van der Waals surface area contributed by atoms with Gasteiger partial charge in [-0.2, -0.15) is 5.26 Å². The first-order valence-corrected chi connectivity index (χ1v) is 8.64. The summed E-state index contributed by atoms with van der Waals surface area (Å²) in [5.41, 5.74) is 2.23. The van der Waals surface area contributed by atoms with Crippen molar-refractivity contribution in [1.29, 1.82) is 5.26 Å². The Morgan fingerprint density at radius 3 is 2.71 bits per heavy atom. The maximum atomic E-state index is 9.55. The molecule has 1 aliphatic rings. The first kappa shape index (κ1) is 16.4. The first-order valence-electron chi connectivity index (χ1n) is 7.76. The van der Waals surface area contributed by atoms with E-state index in [1.807, 2.05) is 6.92 Å². The number of ether oxygens (including phenoxy) is 1. The molecule has 21 heavy (non-hydrogen) atoms. The van der Waals surface area contributed by atoms with Crippen molar-refractivity contribution in [1.82, 2.24) is 9.55 Å². The Morgan fingerprint density at radius 1 is 1.38 bits per heavy atom. The van der Waals surface area contributed by atoms with Gasteiger partial charge in [-0.05, 0) is 32.6 Å². The zero-order valence-electron chi connectivity index (χ0n) is 13.3. The summed E-state index contributed by atoms with van der Waals surface area (Å²) >= 11 is 1.64. The smallest absolute Gasteiger partial charge is 0.169 e. The fourth-order valence-electron chi connectivity index (χ4n) is 2.94. The number of hydrogen-bond donors (Lipinski definition) is 0. The molecule has 0 bridgehead atoms. The zero-order chi connectivity index (χ0) is 15.2. The van der Waals surface area contributed by atoms with Crippen LogP contribution >= 0.6 is 11.8 Å². The van der Waals surface area contributed by atoms with Crippen LogP contribution in [0.2, 0.25) is 0 Å². The lowest BCUT2D eigenvalue weighted by Gasteiger charge is -2.25. The summed E-state index contributed by atoms with van der Waals surface area (Å²) in [6.45, 7) is 5.59. The third-order valence-corrected chi connectivity index (χ3v) is 5.65. The highest BCUT2D eigenvalue weighted by atomic mass is 32.2. The number of aromatic nitrogens is 2. The largest absolute Gasteiger partial charge is 0.383 e. The van der Waals surface area contributed by atoms with E-state index in [4.69, 9.17) is 4.74 Å². The van der Waals surface area contributed by atoms with Crippen molar-refractivity contribution in [3.63, 3.8) is 0 Å². The molecular weight excluding hydrogens is 282 g/mol.